The Labute approximate surface area is 162 Å². The molecule has 1 aliphatic carbocycles. The molecule has 27 heavy (non-hydrogen) atoms. The molecule has 2 heterocycles. The molecular formula is C20H30N2O4Si. The second-order valence-electron chi connectivity index (χ2n) is 8.99. The number of primary amides is 1. The van der Waals surface area contributed by atoms with E-state index in [2.05, 4.69) is 31.8 Å². The van der Waals surface area contributed by atoms with Crippen molar-refractivity contribution in [1.82, 2.24) is 5.23 Å². The Hall–Kier alpha value is -1.25. The van der Waals surface area contributed by atoms with Gasteiger partial charge in [0.1, 0.15) is 0 Å². The number of hydroxylamine groups is 2. The maximum Gasteiger partial charge on any atom is 0.224 e. The molecule has 0 aromatic heterocycles. The van der Waals surface area contributed by atoms with Gasteiger partial charge in [-0.2, -0.15) is 0 Å². The molecule has 2 N–H and O–H groups in total. The van der Waals surface area contributed by atoms with E-state index in [0.717, 1.165) is 25.7 Å². The summed E-state index contributed by atoms with van der Waals surface area (Å²) in [5, 5.41) is 1.55. The number of amides is 1. The van der Waals surface area contributed by atoms with Gasteiger partial charge < -0.3 is 10.2 Å². The van der Waals surface area contributed by atoms with E-state index < -0.39 is 14.1 Å². The van der Waals surface area contributed by atoms with Crippen LogP contribution >= 0.6 is 0 Å². The summed E-state index contributed by atoms with van der Waals surface area (Å²) in [5.41, 5.74) is 6.92. The molecule has 2 saturated heterocycles. The van der Waals surface area contributed by atoms with Gasteiger partial charge in [0.05, 0.1) is 18.6 Å². The van der Waals surface area contributed by atoms with Gasteiger partial charge in [-0.05, 0) is 38.0 Å². The topological polar surface area (TPSA) is 74.0 Å². The summed E-state index contributed by atoms with van der Waals surface area (Å²) in [4.78, 5) is 24.4. The van der Waals surface area contributed by atoms with E-state index in [1.165, 1.54) is 5.56 Å². The van der Waals surface area contributed by atoms with Crippen LogP contribution in [0.25, 0.3) is 0 Å². The second-order valence-corrected chi connectivity index (χ2v) is 13.4. The summed E-state index contributed by atoms with van der Waals surface area (Å²) in [6.45, 7) is 6.84. The quantitative estimate of drug-likeness (QED) is 0.800. The smallest absolute Gasteiger partial charge is 0.224 e. The van der Waals surface area contributed by atoms with Crippen molar-refractivity contribution in [3.63, 3.8) is 0 Å². The summed E-state index contributed by atoms with van der Waals surface area (Å²) in [6.07, 6.45) is 4.07. The highest BCUT2D eigenvalue weighted by molar-refractivity contribution is 6.69. The van der Waals surface area contributed by atoms with Crippen molar-refractivity contribution in [2.75, 3.05) is 6.61 Å². The van der Waals surface area contributed by atoms with Crippen molar-refractivity contribution in [3.05, 3.63) is 35.9 Å². The summed E-state index contributed by atoms with van der Waals surface area (Å²) in [7, 11) is -1.87. The molecule has 3 fully saturated rings. The van der Waals surface area contributed by atoms with Crippen molar-refractivity contribution in [2.45, 2.75) is 63.1 Å². The molecule has 0 spiro atoms. The number of nitrogens with zero attached hydrogens (tertiary/aromatic N) is 1. The van der Waals surface area contributed by atoms with Gasteiger partial charge in [-0.25, -0.2) is 4.84 Å². The highest BCUT2D eigenvalue weighted by atomic mass is 28.4. The molecule has 1 aromatic carbocycles. The number of fused-ring (bicyclic) bond motifs is 2. The number of benzene rings is 1. The Balaban J connectivity index is 1.80. The monoisotopic (exact) mass is 390 g/mol. The third kappa shape index (κ3) is 3.47. The van der Waals surface area contributed by atoms with E-state index in [9.17, 15) is 4.79 Å². The van der Waals surface area contributed by atoms with Gasteiger partial charge in [0.25, 0.3) is 0 Å². The molecule has 1 amide bonds. The predicted molar refractivity (Wildman–Crippen MR) is 104 cm³/mol. The minimum Gasteiger partial charge on any atom is -0.389 e. The van der Waals surface area contributed by atoms with Crippen LogP contribution in [-0.4, -0.2) is 37.9 Å². The van der Waals surface area contributed by atoms with Crippen molar-refractivity contribution >= 4 is 14.2 Å². The van der Waals surface area contributed by atoms with E-state index in [1.54, 1.807) is 5.23 Å². The van der Waals surface area contributed by atoms with Crippen LogP contribution in [0.15, 0.2) is 30.3 Å². The van der Waals surface area contributed by atoms with Gasteiger partial charge in [-0.1, -0.05) is 42.0 Å². The number of carbonyl (C=O) groups is 1. The van der Waals surface area contributed by atoms with Crippen LogP contribution < -0.4 is 5.73 Å². The van der Waals surface area contributed by atoms with Gasteiger partial charge in [-0.3, -0.25) is 9.63 Å². The average Bonchev–Trinajstić information content (AvgIpc) is 3.01. The predicted octanol–water partition coefficient (Wildman–Crippen LogP) is 3.17. The number of carbonyl (C=O) groups excluding carboxylic acids is 1. The Morgan fingerprint density at radius 2 is 2.00 bits per heavy atom. The number of nitrogens with two attached hydrogens (primary N) is 1. The van der Waals surface area contributed by atoms with Crippen molar-refractivity contribution in [3.8, 4) is 0 Å². The minimum atomic E-state index is -1.87. The average molecular weight is 391 g/mol. The van der Waals surface area contributed by atoms with Crippen LogP contribution in [0.4, 0.5) is 0 Å². The molecule has 5 atom stereocenters. The molecule has 2 aliphatic heterocycles. The van der Waals surface area contributed by atoms with Crippen molar-refractivity contribution in [2.24, 2.45) is 17.6 Å². The Bertz CT molecular complexity index is 695. The lowest BCUT2D eigenvalue weighted by atomic mass is 9.67. The minimum absolute atomic E-state index is 0.0802. The molecule has 7 heteroatoms. The maximum absolute atomic E-state index is 12.1. The van der Waals surface area contributed by atoms with Crippen LogP contribution in [0, 0.1) is 11.8 Å². The number of rotatable bonds is 4. The Morgan fingerprint density at radius 3 is 2.67 bits per heavy atom. The zero-order valence-corrected chi connectivity index (χ0v) is 17.4. The lowest BCUT2D eigenvalue weighted by Gasteiger charge is -2.56. The molecule has 6 nitrogen and oxygen atoms in total. The second kappa shape index (κ2) is 6.97. The molecule has 3 aliphatic rings. The fourth-order valence-electron chi connectivity index (χ4n) is 5.07. The first-order valence-corrected chi connectivity index (χ1v) is 13.4. The lowest BCUT2D eigenvalue weighted by molar-refractivity contribution is -0.476. The largest absolute Gasteiger partial charge is 0.389 e. The van der Waals surface area contributed by atoms with Crippen LogP contribution in [-0.2, 0) is 18.9 Å². The van der Waals surface area contributed by atoms with Gasteiger partial charge in [0.15, 0.2) is 14.1 Å². The normalized spacial score (nSPS) is 36.9. The zero-order chi connectivity index (χ0) is 19.2. The van der Waals surface area contributed by atoms with E-state index in [0.29, 0.717) is 0 Å². The van der Waals surface area contributed by atoms with Crippen LogP contribution in [0.5, 0.6) is 0 Å². The first-order valence-electron chi connectivity index (χ1n) is 9.96. The van der Waals surface area contributed by atoms with Gasteiger partial charge >= 0.3 is 0 Å². The molecule has 0 radical (unpaired) electrons. The zero-order valence-electron chi connectivity index (χ0n) is 16.4. The van der Waals surface area contributed by atoms with Crippen molar-refractivity contribution in [1.29, 1.82) is 0 Å². The number of hydrogen-bond acceptors (Lipinski definition) is 5. The van der Waals surface area contributed by atoms with Crippen LogP contribution in [0.2, 0.25) is 19.6 Å². The Morgan fingerprint density at radius 1 is 1.26 bits per heavy atom. The first-order chi connectivity index (χ1) is 12.8. The lowest BCUT2D eigenvalue weighted by Crippen LogP contribution is -2.63. The molecule has 5 unspecified atom stereocenters. The van der Waals surface area contributed by atoms with E-state index in [4.69, 9.17) is 19.8 Å². The highest BCUT2D eigenvalue weighted by Gasteiger charge is 2.61. The Kier molecular flexibility index (Phi) is 4.93. The molecular weight excluding hydrogens is 360 g/mol. The summed E-state index contributed by atoms with van der Waals surface area (Å²) >= 11 is 0. The summed E-state index contributed by atoms with van der Waals surface area (Å²) < 4.78 is 6.70. The fourth-order valence-corrected chi connectivity index (χ4v) is 6.40. The standard InChI is InChI=1S/C20H30N2O4Si/c1-27(2,3)26-20-12-8-7-11-16(20)17(14-9-5-4-6-10-14)18-15(19(21)23)13-24-22(18)25-20/h4-6,9-10,15-18H,7-8,11-13H2,1-3H3,(H2,21,23). The van der Waals surface area contributed by atoms with Crippen molar-refractivity contribution < 1.29 is 18.9 Å². The third-order valence-corrected chi connectivity index (χ3v) is 6.93. The third-order valence-electron chi connectivity index (χ3n) is 5.97. The summed E-state index contributed by atoms with van der Waals surface area (Å²) in [5.74, 6) is -1.16. The highest BCUT2D eigenvalue weighted by Crippen LogP contribution is 2.55. The SMILES string of the molecule is C[Si](C)(C)OC12CCCCC1C(c1ccccc1)C1C(C(N)=O)CON1O2. The molecule has 4 rings (SSSR count). The van der Waals surface area contributed by atoms with Gasteiger partial charge in [0, 0.05) is 18.3 Å². The molecule has 148 valence electrons. The van der Waals surface area contributed by atoms with Gasteiger partial charge in [-0.15, -0.1) is 0 Å². The molecule has 1 aromatic rings. The number of hydrogen-bond donors (Lipinski definition) is 1. The van der Waals surface area contributed by atoms with Crippen LogP contribution in [0.3, 0.4) is 0 Å². The summed E-state index contributed by atoms with van der Waals surface area (Å²) in [6, 6.07) is 10.2. The van der Waals surface area contributed by atoms with Gasteiger partial charge in [0.2, 0.25) is 5.91 Å². The fraction of sp³-hybridized carbons (Fsp3) is 0.650. The van der Waals surface area contributed by atoms with E-state index >= 15 is 0 Å². The first kappa shape index (κ1) is 19.1. The molecule has 1 saturated carbocycles. The van der Waals surface area contributed by atoms with E-state index in [-0.39, 0.29) is 36.3 Å². The van der Waals surface area contributed by atoms with Crippen LogP contribution in [0.1, 0.15) is 37.2 Å². The van der Waals surface area contributed by atoms with E-state index in [1.807, 2.05) is 18.2 Å². The molecule has 0 bridgehead atoms. The maximum atomic E-state index is 12.1.